The van der Waals surface area contributed by atoms with Gasteiger partial charge < -0.3 is 0 Å². The summed E-state index contributed by atoms with van der Waals surface area (Å²) in [6.07, 6.45) is 0.611. The zero-order valence-electron chi connectivity index (χ0n) is 8.06. The van der Waals surface area contributed by atoms with Crippen molar-refractivity contribution < 1.29 is 4.79 Å². The van der Waals surface area contributed by atoms with E-state index >= 15 is 0 Å². The molecular formula is C10H13BrOS. The Morgan fingerprint density at radius 2 is 2.15 bits per heavy atom. The van der Waals surface area contributed by atoms with Crippen LogP contribution in [0.25, 0.3) is 0 Å². The molecule has 0 fully saturated rings. The largest absolute Gasteiger partial charge is 0.300 e. The Labute approximate surface area is 91.3 Å². The zero-order valence-corrected chi connectivity index (χ0v) is 10.5. The van der Waals surface area contributed by atoms with Crippen LogP contribution >= 0.6 is 27.3 Å². The molecule has 0 spiro atoms. The summed E-state index contributed by atoms with van der Waals surface area (Å²) in [6, 6.07) is 4.11. The number of hydrogen-bond acceptors (Lipinski definition) is 2. The fraction of sp³-hybridized carbons (Fsp3) is 0.500. The summed E-state index contributed by atoms with van der Waals surface area (Å²) in [7, 11) is 0. The third-order valence-corrected chi connectivity index (χ3v) is 3.92. The fourth-order valence-electron chi connectivity index (χ4n) is 1.39. The maximum Gasteiger partial charge on any atom is 0.130 e. The zero-order chi connectivity index (χ0) is 10.1. The number of halogens is 1. The molecule has 1 heterocycles. The molecule has 1 nitrogen and oxygen atoms in total. The minimum Gasteiger partial charge on any atom is -0.300 e. The molecule has 0 aromatic carbocycles. The lowest BCUT2D eigenvalue weighted by Crippen LogP contribution is -2.18. The van der Waals surface area contributed by atoms with Gasteiger partial charge >= 0.3 is 0 Å². The van der Waals surface area contributed by atoms with Gasteiger partial charge in [-0.05, 0) is 35.0 Å². The highest BCUT2D eigenvalue weighted by Gasteiger charge is 2.23. The van der Waals surface area contributed by atoms with Crippen molar-refractivity contribution in [2.45, 2.75) is 32.6 Å². The first-order chi connectivity index (χ1) is 5.92. The highest BCUT2D eigenvalue weighted by molar-refractivity contribution is 9.11. The van der Waals surface area contributed by atoms with Gasteiger partial charge in [0.05, 0.1) is 3.79 Å². The number of carbonyl (C=O) groups excluding carboxylic acids is 1. The summed E-state index contributed by atoms with van der Waals surface area (Å²) in [5, 5.41) is 0. The van der Waals surface area contributed by atoms with Gasteiger partial charge in [0.2, 0.25) is 0 Å². The molecule has 0 atom stereocenters. The van der Waals surface area contributed by atoms with E-state index in [0.717, 1.165) is 3.79 Å². The van der Waals surface area contributed by atoms with Crippen molar-refractivity contribution in [3.8, 4) is 0 Å². The van der Waals surface area contributed by atoms with Gasteiger partial charge in [0, 0.05) is 16.7 Å². The van der Waals surface area contributed by atoms with Crippen molar-refractivity contribution in [2.24, 2.45) is 0 Å². The van der Waals surface area contributed by atoms with Crippen LogP contribution in [-0.4, -0.2) is 5.78 Å². The second kappa shape index (κ2) is 3.93. The van der Waals surface area contributed by atoms with Crippen LogP contribution in [0, 0.1) is 0 Å². The Balaban J connectivity index is 2.86. The van der Waals surface area contributed by atoms with Crippen LogP contribution in [0.5, 0.6) is 0 Å². The highest BCUT2D eigenvalue weighted by Crippen LogP contribution is 2.34. The quantitative estimate of drug-likeness (QED) is 0.809. The molecule has 0 bridgehead atoms. The summed E-state index contributed by atoms with van der Waals surface area (Å²) >= 11 is 5.13. The number of carbonyl (C=O) groups is 1. The first-order valence-corrected chi connectivity index (χ1v) is 5.78. The molecular weight excluding hydrogens is 248 g/mol. The van der Waals surface area contributed by atoms with Crippen molar-refractivity contribution in [2.75, 3.05) is 0 Å². The molecule has 0 aliphatic carbocycles. The summed E-state index contributed by atoms with van der Waals surface area (Å²) in [5.41, 5.74) is -0.0253. The van der Waals surface area contributed by atoms with Crippen LogP contribution in [0.15, 0.2) is 15.9 Å². The van der Waals surface area contributed by atoms with Crippen molar-refractivity contribution in [3.63, 3.8) is 0 Å². The monoisotopic (exact) mass is 260 g/mol. The lowest BCUT2D eigenvalue weighted by Gasteiger charge is -2.21. The standard InChI is InChI=1S/C10H13BrOS/c1-7(12)6-10(2,3)8-4-5-9(11)13-8/h4-5H,6H2,1-3H3. The van der Waals surface area contributed by atoms with Gasteiger partial charge in [-0.25, -0.2) is 0 Å². The second-order valence-electron chi connectivity index (χ2n) is 3.87. The van der Waals surface area contributed by atoms with E-state index in [-0.39, 0.29) is 11.2 Å². The second-order valence-corrected chi connectivity index (χ2v) is 6.33. The average molecular weight is 261 g/mol. The predicted molar refractivity (Wildman–Crippen MR) is 60.3 cm³/mol. The van der Waals surface area contributed by atoms with Gasteiger partial charge in [-0.2, -0.15) is 0 Å². The summed E-state index contributed by atoms with van der Waals surface area (Å²) < 4.78 is 1.12. The van der Waals surface area contributed by atoms with Crippen molar-refractivity contribution >= 4 is 33.0 Å². The molecule has 0 unspecified atom stereocenters. The number of hydrogen-bond donors (Lipinski definition) is 0. The van der Waals surface area contributed by atoms with E-state index in [0.29, 0.717) is 6.42 Å². The number of rotatable bonds is 3. The number of ketones is 1. The number of thiophene rings is 1. The molecule has 1 rings (SSSR count). The SMILES string of the molecule is CC(=O)CC(C)(C)c1ccc(Br)s1. The van der Waals surface area contributed by atoms with E-state index < -0.39 is 0 Å². The smallest absolute Gasteiger partial charge is 0.130 e. The lowest BCUT2D eigenvalue weighted by atomic mass is 9.86. The maximum absolute atomic E-state index is 11.0. The first kappa shape index (κ1) is 10.9. The molecule has 0 saturated carbocycles. The molecule has 1 aromatic heterocycles. The topological polar surface area (TPSA) is 17.1 Å². The first-order valence-electron chi connectivity index (χ1n) is 4.17. The molecule has 0 N–H and O–H groups in total. The van der Waals surface area contributed by atoms with E-state index in [4.69, 9.17) is 0 Å². The van der Waals surface area contributed by atoms with Gasteiger partial charge in [0.1, 0.15) is 5.78 Å². The van der Waals surface area contributed by atoms with Gasteiger partial charge in [0.25, 0.3) is 0 Å². The van der Waals surface area contributed by atoms with Crippen LogP contribution in [-0.2, 0) is 10.2 Å². The van der Waals surface area contributed by atoms with Crippen molar-refractivity contribution in [3.05, 3.63) is 20.8 Å². The number of Topliss-reactive ketones (excluding diaryl/α,β-unsaturated/α-hetero) is 1. The van der Waals surface area contributed by atoms with Crippen LogP contribution in [0.3, 0.4) is 0 Å². The van der Waals surface area contributed by atoms with Crippen LogP contribution in [0.4, 0.5) is 0 Å². The van der Waals surface area contributed by atoms with Crippen LogP contribution < -0.4 is 0 Å². The van der Waals surface area contributed by atoms with Crippen LogP contribution in [0.1, 0.15) is 32.1 Å². The minimum absolute atomic E-state index is 0.0253. The molecule has 0 radical (unpaired) electrons. The minimum atomic E-state index is -0.0253. The Hall–Kier alpha value is -0.150. The van der Waals surface area contributed by atoms with E-state index in [1.165, 1.54) is 4.88 Å². The molecule has 0 aliphatic heterocycles. The lowest BCUT2D eigenvalue weighted by molar-refractivity contribution is -0.117. The summed E-state index contributed by atoms with van der Waals surface area (Å²) in [6.45, 7) is 5.85. The normalized spacial score (nSPS) is 11.7. The highest BCUT2D eigenvalue weighted by atomic mass is 79.9. The molecule has 0 amide bonds. The van der Waals surface area contributed by atoms with Crippen molar-refractivity contribution in [1.82, 2.24) is 0 Å². The molecule has 3 heteroatoms. The van der Waals surface area contributed by atoms with Crippen LogP contribution in [0.2, 0.25) is 0 Å². The van der Waals surface area contributed by atoms with E-state index in [1.807, 2.05) is 6.07 Å². The van der Waals surface area contributed by atoms with Gasteiger partial charge in [-0.1, -0.05) is 13.8 Å². The van der Waals surface area contributed by atoms with Crippen molar-refractivity contribution in [1.29, 1.82) is 0 Å². The molecule has 72 valence electrons. The van der Waals surface area contributed by atoms with Gasteiger partial charge in [0.15, 0.2) is 0 Å². The van der Waals surface area contributed by atoms with E-state index in [2.05, 4.69) is 35.8 Å². The Bertz CT molecular complexity index is 314. The predicted octanol–water partition coefficient (Wildman–Crippen LogP) is 3.77. The maximum atomic E-state index is 11.0. The Kier molecular flexibility index (Phi) is 3.30. The average Bonchev–Trinajstić information content (AvgIpc) is 2.32. The molecule has 13 heavy (non-hydrogen) atoms. The molecule has 0 aliphatic rings. The fourth-order valence-corrected chi connectivity index (χ4v) is 2.87. The van der Waals surface area contributed by atoms with E-state index in [1.54, 1.807) is 18.3 Å². The van der Waals surface area contributed by atoms with Gasteiger partial charge in [-0.3, -0.25) is 4.79 Å². The Morgan fingerprint density at radius 1 is 1.54 bits per heavy atom. The Morgan fingerprint density at radius 3 is 2.54 bits per heavy atom. The summed E-state index contributed by atoms with van der Waals surface area (Å²) in [5.74, 6) is 0.245. The molecule has 0 saturated heterocycles. The third kappa shape index (κ3) is 2.92. The molecule has 1 aromatic rings. The van der Waals surface area contributed by atoms with Gasteiger partial charge in [-0.15, -0.1) is 11.3 Å². The third-order valence-electron chi connectivity index (χ3n) is 1.93. The van der Waals surface area contributed by atoms with E-state index in [9.17, 15) is 4.79 Å². The summed E-state index contributed by atoms with van der Waals surface area (Å²) in [4.78, 5) is 12.3.